The van der Waals surface area contributed by atoms with E-state index in [9.17, 15) is 0 Å². The van der Waals surface area contributed by atoms with E-state index in [0.717, 1.165) is 5.57 Å². The van der Waals surface area contributed by atoms with Crippen molar-refractivity contribution in [2.45, 2.75) is 20.8 Å². The zero-order chi connectivity index (χ0) is 9.07. The molecule has 0 atom stereocenters. The highest BCUT2D eigenvalue weighted by Gasteiger charge is 2.13. The third-order valence-electron chi connectivity index (χ3n) is 1.40. The maximum atomic E-state index is 5.64. The molecule has 0 aliphatic carbocycles. The fourth-order valence-electron chi connectivity index (χ4n) is 0.750. The van der Waals surface area contributed by atoms with Crippen LogP contribution in [-0.4, -0.2) is 0 Å². The summed E-state index contributed by atoms with van der Waals surface area (Å²) in [6.07, 6.45) is 3.65. The predicted molar refractivity (Wildman–Crippen MR) is 52.7 cm³/mol. The summed E-state index contributed by atoms with van der Waals surface area (Å²) in [6.45, 7) is 13.6. The lowest BCUT2D eigenvalue weighted by atomic mass is 9.86. The van der Waals surface area contributed by atoms with Gasteiger partial charge in [0.15, 0.2) is 0 Å². The quantitative estimate of drug-likeness (QED) is 0.552. The highest BCUT2D eigenvalue weighted by Crippen LogP contribution is 2.27. The molecular formula is C10H15Cl. The molecule has 62 valence electrons. The Kier molecular flexibility index (Phi) is 3.61. The summed E-state index contributed by atoms with van der Waals surface area (Å²) in [6, 6.07) is 0. The third-order valence-corrected chi connectivity index (χ3v) is 1.51. The van der Waals surface area contributed by atoms with Crippen molar-refractivity contribution >= 4 is 11.6 Å². The summed E-state index contributed by atoms with van der Waals surface area (Å²) >= 11 is 5.64. The minimum absolute atomic E-state index is 0.0968. The van der Waals surface area contributed by atoms with Crippen LogP contribution in [-0.2, 0) is 0 Å². The van der Waals surface area contributed by atoms with E-state index in [2.05, 4.69) is 33.9 Å². The van der Waals surface area contributed by atoms with Crippen LogP contribution >= 0.6 is 11.6 Å². The van der Waals surface area contributed by atoms with Crippen molar-refractivity contribution in [2.75, 3.05) is 0 Å². The molecule has 0 N–H and O–H groups in total. The molecule has 0 aliphatic rings. The van der Waals surface area contributed by atoms with Gasteiger partial charge >= 0.3 is 0 Å². The third kappa shape index (κ3) is 4.05. The van der Waals surface area contributed by atoms with Gasteiger partial charge in [0.2, 0.25) is 0 Å². The fraction of sp³-hybridized carbons (Fsp3) is 0.400. The molecule has 0 bridgehead atoms. The van der Waals surface area contributed by atoms with Crippen LogP contribution in [0.4, 0.5) is 0 Å². The van der Waals surface area contributed by atoms with Crippen LogP contribution in [0.2, 0.25) is 0 Å². The van der Waals surface area contributed by atoms with E-state index < -0.39 is 0 Å². The molecule has 0 amide bonds. The Morgan fingerprint density at radius 1 is 1.36 bits per heavy atom. The lowest BCUT2D eigenvalue weighted by Gasteiger charge is -2.19. The van der Waals surface area contributed by atoms with E-state index in [4.69, 9.17) is 11.6 Å². The monoisotopic (exact) mass is 170 g/mol. The molecule has 0 heterocycles. The average molecular weight is 171 g/mol. The molecule has 0 unspecified atom stereocenters. The Morgan fingerprint density at radius 3 is 1.91 bits per heavy atom. The molecule has 0 radical (unpaired) electrons. The van der Waals surface area contributed by atoms with E-state index in [1.54, 1.807) is 0 Å². The van der Waals surface area contributed by atoms with Crippen LogP contribution in [0.3, 0.4) is 0 Å². The van der Waals surface area contributed by atoms with Crippen molar-refractivity contribution in [3.8, 4) is 0 Å². The second-order valence-electron chi connectivity index (χ2n) is 3.50. The van der Waals surface area contributed by atoms with Crippen LogP contribution < -0.4 is 0 Å². The van der Waals surface area contributed by atoms with Gasteiger partial charge in [-0.15, -0.1) is 0 Å². The van der Waals surface area contributed by atoms with Crippen molar-refractivity contribution < 1.29 is 0 Å². The second kappa shape index (κ2) is 3.77. The van der Waals surface area contributed by atoms with Crippen molar-refractivity contribution in [1.29, 1.82) is 0 Å². The molecule has 1 heteroatoms. The van der Waals surface area contributed by atoms with Crippen LogP contribution in [0.25, 0.3) is 0 Å². The van der Waals surface area contributed by atoms with Crippen molar-refractivity contribution in [2.24, 2.45) is 5.41 Å². The van der Waals surface area contributed by atoms with Gasteiger partial charge in [0.1, 0.15) is 0 Å². The molecule has 0 aromatic heterocycles. The van der Waals surface area contributed by atoms with Crippen molar-refractivity contribution in [3.05, 3.63) is 35.9 Å². The van der Waals surface area contributed by atoms with Crippen molar-refractivity contribution in [3.63, 3.8) is 0 Å². The minimum atomic E-state index is 0.0968. The number of rotatable bonds is 2. The lowest BCUT2D eigenvalue weighted by Crippen LogP contribution is -2.07. The predicted octanol–water partition coefficient (Wildman–Crippen LogP) is 3.90. The molecular weight excluding hydrogens is 156 g/mol. The summed E-state index contributed by atoms with van der Waals surface area (Å²) in [4.78, 5) is 0. The normalized spacial score (nSPS) is 12.9. The number of hydrogen-bond donors (Lipinski definition) is 0. The highest BCUT2D eigenvalue weighted by molar-refractivity contribution is 6.30. The number of hydrogen-bond acceptors (Lipinski definition) is 0. The molecule has 0 saturated heterocycles. The largest absolute Gasteiger partial charge is 0.0988 e. The SMILES string of the molecule is C=C/C(=C\C(=C)Cl)C(C)(C)C. The second-order valence-corrected chi connectivity index (χ2v) is 3.99. The van der Waals surface area contributed by atoms with Gasteiger partial charge in [0.05, 0.1) is 0 Å². The molecule has 0 aromatic carbocycles. The van der Waals surface area contributed by atoms with E-state index in [1.165, 1.54) is 0 Å². The lowest BCUT2D eigenvalue weighted by molar-refractivity contribution is 0.517. The van der Waals surface area contributed by atoms with E-state index in [0.29, 0.717) is 5.03 Å². The first kappa shape index (κ1) is 10.5. The average Bonchev–Trinajstić information content (AvgIpc) is 1.79. The Labute approximate surface area is 74.3 Å². The maximum Gasteiger partial charge on any atom is 0.0337 e. The molecule has 0 aromatic rings. The number of halogens is 1. The smallest absolute Gasteiger partial charge is 0.0337 e. The van der Waals surface area contributed by atoms with Crippen LogP contribution in [0.15, 0.2) is 35.9 Å². The zero-order valence-electron chi connectivity index (χ0n) is 7.45. The minimum Gasteiger partial charge on any atom is -0.0988 e. The molecule has 0 nitrogen and oxygen atoms in total. The van der Waals surface area contributed by atoms with Gasteiger partial charge in [-0.3, -0.25) is 0 Å². The van der Waals surface area contributed by atoms with Crippen molar-refractivity contribution in [1.82, 2.24) is 0 Å². The summed E-state index contributed by atoms with van der Waals surface area (Å²) in [5, 5.41) is 0.551. The Balaban J connectivity index is 4.68. The van der Waals surface area contributed by atoms with Crippen LogP contribution in [0, 0.1) is 5.41 Å². The molecule has 11 heavy (non-hydrogen) atoms. The summed E-state index contributed by atoms with van der Waals surface area (Å²) in [5.41, 5.74) is 1.21. The Morgan fingerprint density at radius 2 is 1.82 bits per heavy atom. The van der Waals surface area contributed by atoms with E-state index >= 15 is 0 Å². The Hall–Kier alpha value is -0.490. The van der Waals surface area contributed by atoms with Crippen LogP contribution in [0.1, 0.15) is 20.8 Å². The first-order chi connectivity index (χ1) is 4.88. The summed E-state index contributed by atoms with van der Waals surface area (Å²) < 4.78 is 0. The standard InChI is InChI=1S/C10H15Cl/c1-6-9(7-8(2)11)10(3,4)5/h6-7H,1-2H2,3-5H3/b9-7+. The van der Waals surface area contributed by atoms with Gasteiger partial charge in [-0.05, 0) is 17.1 Å². The van der Waals surface area contributed by atoms with Gasteiger partial charge in [-0.2, -0.15) is 0 Å². The highest BCUT2D eigenvalue weighted by atomic mass is 35.5. The molecule has 0 fully saturated rings. The molecule has 0 rings (SSSR count). The van der Waals surface area contributed by atoms with Gasteiger partial charge < -0.3 is 0 Å². The van der Waals surface area contributed by atoms with Gasteiger partial charge in [-0.1, -0.05) is 51.6 Å². The van der Waals surface area contributed by atoms with Gasteiger partial charge in [0.25, 0.3) is 0 Å². The Bertz CT molecular complexity index is 191. The summed E-state index contributed by atoms with van der Waals surface area (Å²) in [5.74, 6) is 0. The first-order valence-corrected chi connectivity index (χ1v) is 3.94. The fourth-order valence-corrected chi connectivity index (χ4v) is 0.868. The topological polar surface area (TPSA) is 0 Å². The summed E-state index contributed by atoms with van der Waals surface area (Å²) in [7, 11) is 0. The van der Waals surface area contributed by atoms with Crippen LogP contribution in [0.5, 0.6) is 0 Å². The molecule has 0 saturated carbocycles. The zero-order valence-corrected chi connectivity index (χ0v) is 8.20. The maximum absolute atomic E-state index is 5.64. The van der Waals surface area contributed by atoms with Gasteiger partial charge in [-0.25, -0.2) is 0 Å². The van der Waals surface area contributed by atoms with Gasteiger partial charge in [0, 0.05) is 5.03 Å². The molecule has 0 spiro atoms. The number of allylic oxidation sites excluding steroid dienone is 4. The first-order valence-electron chi connectivity index (χ1n) is 3.57. The molecule has 0 aliphatic heterocycles. The van der Waals surface area contributed by atoms with E-state index in [-0.39, 0.29) is 5.41 Å². The van der Waals surface area contributed by atoms with E-state index in [1.807, 2.05) is 12.2 Å².